The van der Waals surface area contributed by atoms with Crippen LogP contribution in [0.2, 0.25) is 0 Å². The molecule has 0 aromatic heterocycles. The number of nitrogens with zero attached hydrogens (tertiary/aromatic N) is 3. The highest BCUT2D eigenvalue weighted by Gasteiger charge is 2.32. The van der Waals surface area contributed by atoms with E-state index in [4.69, 9.17) is 5.26 Å². The summed E-state index contributed by atoms with van der Waals surface area (Å²) in [6.45, 7) is 7.07. The van der Waals surface area contributed by atoms with Crippen LogP contribution in [0.3, 0.4) is 0 Å². The molecular weight excluding hydrogens is 186 g/mol. The van der Waals surface area contributed by atoms with E-state index in [1.54, 1.807) is 0 Å². The molecule has 0 saturated carbocycles. The van der Waals surface area contributed by atoms with Crippen LogP contribution < -0.4 is 0 Å². The largest absolute Gasteiger partial charge is 0.298 e. The molecule has 0 aromatic carbocycles. The van der Waals surface area contributed by atoms with Crippen LogP contribution in [-0.2, 0) is 0 Å². The third-order valence-electron chi connectivity index (χ3n) is 3.93. The first-order valence-electron chi connectivity index (χ1n) is 6.20. The van der Waals surface area contributed by atoms with Crippen LogP contribution in [-0.4, -0.2) is 48.1 Å². The van der Waals surface area contributed by atoms with Gasteiger partial charge in [0.05, 0.1) is 12.5 Å². The Labute approximate surface area is 92.7 Å². The van der Waals surface area contributed by atoms with Crippen molar-refractivity contribution in [3.63, 3.8) is 0 Å². The minimum Gasteiger partial charge on any atom is -0.298 e. The second kappa shape index (κ2) is 4.96. The van der Waals surface area contributed by atoms with E-state index < -0.39 is 0 Å². The van der Waals surface area contributed by atoms with Crippen LogP contribution in [0.15, 0.2) is 0 Å². The fraction of sp³-hybridized carbons (Fsp3) is 0.917. The molecule has 3 nitrogen and oxygen atoms in total. The van der Waals surface area contributed by atoms with E-state index >= 15 is 0 Å². The molecule has 2 atom stereocenters. The summed E-state index contributed by atoms with van der Waals surface area (Å²) in [6.07, 6.45) is 4.54. The lowest BCUT2D eigenvalue weighted by Gasteiger charge is -2.40. The van der Waals surface area contributed by atoms with Gasteiger partial charge in [-0.05, 0) is 25.8 Å². The maximum Gasteiger partial charge on any atom is 0.0638 e. The van der Waals surface area contributed by atoms with Crippen molar-refractivity contribution in [2.75, 3.05) is 26.2 Å². The van der Waals surface area contributed by atoms with Crippen molar-refractivity contribution in [2.45, 2.75) is 44.7 Å². The summed E-state index contributed by atoms with van der Waals surface area (Å²) in [5.74, 6) is 0. The highest BCUT2D eigenvalue weighted by molar-refractivity contribution is 4.91. The number of hydrogen-bond acceptors (Lipinski definition) is 3. The van der Waals surface area contributed by atoms with Gasteiger partial charge >= 0.3 is 0 Å². The van der Waals surface area contributed by atoms with E-state index in [1.165, 1.54) is 32.5 Å². The minimum atomic E-state index is 0.498. The van der Waals surface area contributed by atoms with E-state index in [2.05, 4.69) is 22.8 Å². The number of rotatable bonds is 3. The topological polar surface area (TPSA) is 30.3 Å². The molecule has 0 amide bonds. The van der Waals surface area contributed by atoms with Gasteiger partial charge in [-0.2, -0.15) is 5.26 Å². The van der Waals surface area contributed by atoms with E-state index in [9.17, 15) is 0 Å². The van der Waals surface area contributed by atoms with Gasteiger partial charge in [0.15, 0.2) is 0 Å². The molecule has 2 unspecified atom stereocenters. The predicted molar refractivity (Wildman–Crippen MR) is 60.5 cm³/mol. The van der Waals surface area contributed by atoms with E-state index in [-0.39, 0.29) is 0 Å². The van der Waals surface area contributed by atoms with Crippen molar-refractivity contribution in [3.8, 4) is 6.07 Å². The van der Waals surface area contributed by atoms with Gasteiger partial charge in [-0.25, -0.2) is 0 Å². The normalized spacial score (nSPS) is 29.7. The lowest BCUT2D eigenvalue weighted by molar-refractivity contribution is 0.0713. The second-order valence-electron chi connectivity index (χ2n) is 4.75. The third-order valence-corrected chi connectivity index (χ3v) is 3.93. The molecule has 15 heavy (non-hydrogen) atoms. The maximum atomic E-state index is 8.80. The Morgan fingerprint density at radius 1 is 1.40 bits per heavy atom. The van der Waals surface area contributed by atoms with Crippen molar-refractivity contribution in [2.24, 2.45) is 0 Å². The summed E-state index contributed by atoms with van der Waals surface area (Å²) in [5.41, 5.74) is 0. The number of nitriles is 1. The first kappa shape index (κ1) is 10.9. The Morgan fingerprint density at radius 2 is 2.27 bits per heavy atom. The van der Waals surface area contributed by atoms with Crippen molar-refractivity contribution >= 4 is 0 Å². The van der Waals surface area contributed by atoms with Crippen LogP contribution in [0.25, 0.3) is 0 Å². The van der Waals surface area contributed by atoms with E-state index in [0.717, 1.165) is 19.0 Å². The molecule has 2 heterocycles. The average molecular weight is 207 g/mol. The van der Waals surface area contributed by atoms with Crippen LogP contribution >= 0.6 is 0 Å². The molecule has 0 bridgehead atoms. The zero-order chi connectivity index (χ0) is 10.7. The van der Waals surface area contributed by atoms with Crippen LogP contribution in [0.5, 0.6) is 0 Å². The molecule has 2 aliphatic heterocycles. The Balaban J connectivity index is 1.91. The Hall–Kier alpha value is -0.590. The molecule has 84 valence electrons. The number of hydrogen-bond donors (Lipinski definition) is 0. The minimum absolute atomic E-state index is 0.498. The zero-order valence-electron chi connectivity index (χ0n) is 9.65. The van der Waals surface area contributed by atoms with Crippen molar-refractivity contribution < 1.29 is 0 Å². The molecular formula is C12H21N3. The second-order valence-corrected chi connectivity index (χ2v) is 4.75. The van der Waals surface area contributed by atoms with Crippen LogP contribution in [0.4, 0.5) is 0 Å². The zero-order valence-corrected chi connectivity index (χ0v) is 9.65. The van der Waals surface area contributed by atoms with Crippen molar-refractivity contribution in [1.29, 1.82) is 5.26 Å². The van der Waals surface area contributed by atoms with Gasteiger partial charge < -0.3 is 0 Å². The molecule has 0 spiro atoms. The average Bonchev–Trinajstić information content (AvgIpc) is 2.72. The lowest BCUT2D eigenvalue weighted by Crippen LogP contribution is -2.53. The van der Waals surface area contributed by atoms with Gasteiger partial charge in [-0.3, -0.25) is 9.80 Å². The molecule has 0 N–H and O–H groups in total. The van der Waals surface area contributed by atoms with Gasteiger partial charge in [0.2, 0.25) is 0 Å². The fourth-order valence-electron chi connectivity index (χ4n) is 2.98. The molecule has 3 heteroatoms. The van der Waals surface area contributed by atoms with Crippen LogP contribution in [0.1, 0.15) is 32.6 Å². The summed E-state index contributed by atoms with van der Waals surface area (Å²) >= 11 is 0. The molecule has 0 aliphatic carbocycles. The number of piperazine rings is 1. The van der Waals surface area contributed by atoms with Crippen molar-refractivity contribution in [3.05, 3.63) is 0 Å². The highest BCUT2D eigenvalue weighted by Crippen LogP contribution is 2.23. The summed E-state index contributed by atoms with van der Waals surface area (Å²) in [5, 5.41) is 8.80. The predicted octanol–water partition coefficient (Wildman–Crippen LogP) is 1.46. The fourth-order valence-corrected chi connectivity index (χ4v) is 2.98. The lowest BCUT2D eigenvalue weighted by atomic mass is 10.1. The first-order chi connectivity index (χ1) is 7.35. The third kappa shape index (κ3) is 2.32. The summed E-state index contributed by atoms with van der Waals surface area (Å²) in [4.78, 5) is 5.16. The summed E-state index contributed by atoms with van der Waals surface area (Å²) < 4.78 is 0. The van der Waals surface area contributed by atoms with Gasteiger partial charge in [0.25, 0.3) is 0 Å². The maximum absolute atomic E-state index is 8.80. The molecule has 2 rings (SSSR count). The molecule has 0 aromatic rings. The van der Waals surface area contributed by atoms with Gasteiger partial charge in [0, 0.05) is 31.7 Å². The quantitative estimate of drug-likeness (QED) is 0.702. The number of fused-ring (bicyclic) bond motifs is 1. The van der Waals surface area contributed by atoms with Gasteiger partial charge in [-0.1, -0.05) is 6.92 Å². The van der Waals surface area contributed by atoms with Gasteiger partial charge in [0.1, 0.15) is 0 Å². The van der Waals surface area contributed by atoms with E-state index in [1.807, 2.05) is 0 Å². The summed E-state index contributed by atoms with van der Waals surface area (Å²) in [7, 11) is 0. The Kier molecular flexibility index (Phi) is 3.61. The highest BCUT2D eigenvalue weighted by atomic mass is 15.3. The van der Waals surface area contributed by atoms with E-state index in [0.29, 0.717) is 12.5 Å². The monoisotopic (exact) mass is 207 g/mol. The molecule has 2 saturated heterocycles. The SMILES string of the molecule is CCC(CC#N)N1CCN2CCCC2C1. The van der Waals surface area contributed by atoms with Crippen LogP contribution in [0, 0.1) is 11.3 Å². The standard InChI is InChI=1S/C12H21N3/c1-2-11(5-6-13)15-9-8-14-7-3-4-12(14)10-15/h11-12H,2-5,7-10H2,1H3. The molecule has 2 aliphatic rings. The molecule has 0 radical (unpaired) electrons. The van der Waals surface area contributed by atoms with Gasteiger partial charge in [-0.15, -0.1) is 0 Å². The summed E-state index contributed by atoms with van der Waals surface area (Å²) in [6, 6.07) is 3.60. The Morgan fingerprint density at radius 3 is 3.00 bits per heavy atom. The smallest absolute Gasteiger partial charge is 0.0638 e. The molecule has 2 fully saturated rings. The first-order valence-corrected chi connectivity index (χ1v) is 6.20. The van der Waals surface area contributed by atoms with Crippen molar-refractivity contribution in [1.82, 2.24) is 9.80 Å². The Bertz CT molecular complexity index is 246.